The van der Waals surface area contributed by atoms with Gasteiger partial charge in [0.05, 0.1) is 6.04 Å². The van der Waals surface area contributed by atoms with E-state index in [9.17, 15) is 14.7 Å². The number of ether oxygens (including phenoxy) is 1. The highest BCUT2D eigenvalue weighted by molar-refractivity contribution is 5.80. The van der Waals surface area contributed by atoms with Crippen molar-refractivity contribution in [2.75, 3.05) is 6.61 Å². The van der Waals surface area contributed by atoms with E-state index in [1.165, 1.54) is 0 Å². The van der Waals surface area contributed by atoms with Gasteiger partial charge in [0.2, 0.25) is 0 Å². The van der Waals surface area contributed by atoms with Crippen molar-refractivity contribution < 1.29 is 19.4 Å². The van der Waals surface area contributed by atoms with Crippen LogP contribution in [0.2, 0.25) is 0 Å². The quantitative estimate of drug-likeness (QED) is 0.526. The number of amides is 1. The van der Waals surface area contributed by atoms with Crippen LogP contribution in [-0.4, -0.2) is 29.8 Å². The third kappa shape index (κ3) is 4.24. The summed E-state index contributed by atoms with van der Waals surface area (Å²) in [7, 11) is 0. The molecule has 5 heteroatoms. The molecule has 0 saturated heterocycles. The zero-order chi connectivity index (χ0) is 22.7. The monoisotopic (exact) mass is 429 g/mol. The van der Waals surface area contributed by atoms with Gasteiger partial charge in [-0.15, -0.1) is 0 Å². The van der Waals surface area contributed by atoms with Gasteiger partial charge in [0, 0.05) is 5.92 Å². The molecule has 0 saturated carbocycles. The first-order chi connectivity index (χ1) is 15.5. The van der Waals surface area contributed by atoms with Gasteiger partial charge >= 0.3 is 12.1 Å². The molecule has 0 spiro atoms. The van der Waals surface area contributed by atoms with Crippen molar-refractivity contribution >= 4 is 12.1 Å². The molecule has 3 aromatic rings. The topological polar surface area (TPSA) is 75.6 Å². The molecule has 32 heavy (non-hydrogen) atoms. The van der Waals surface area contributed by atoms with Gasteiger partial charge in [0.25, 0.3) is 0 Å². The molecular formula is C27H27NO4. The highest BCUT2D eigenvalue weighted by Crippen LogP contribution is 2.44. The number of rotatable bonds is 7. The fraction of sp³-hybridized carbons (Fsp3) is 0.259. The van der Waals surface area contributed by atoms with E-state index < -0.39 is 24.0 Å². The molecule has 1 aliphatic rings. The van der Waals surface area contributed by atoms with Crippen LogP contribution in [0.5, 0.6) is 0 Å². The number of hydrogen-bond donors (Lipinski definition) is 2. The summed E-state index contributed by atoms with van der Waals surface area (Å²) in [5.74, 6) is -1.99. The maximum atomic E-state index is 12.8. The van der Waals surface area contributed by atoms with E-state index in [2.05, 4.69) is 29.6 Å². The Bertz CT molecular complexity index is 1060. The minimum atomic E-state index is -0.978. The molecule has 1 unspecified atom stereocenters. The van der Waals surface area contributed by atoms with Crippen molar-refractivity contribution in [1.82, 2.24) is 5.32 Å². The SMILES string of the molecule is CC(C)[C@@H](NC(=O)OCC1c2ccccc2-c2ccccc21)C(C(=O)O)c1ccccc1. The normalized spacial score (nSPS) is 14.3. The Morgan fingerprint density at radius 2 is 1.41 bits per heavy atom. The second-order valence-electron chi connectivity index (χ2n) is 8.47. The van der Waals surface area contributed by atoms with Crippen LogP contribution in [0.1, 0.15) is 42.4 Å². The van der Waals surface area contributed by atoms with Gasteiger partial charge in [-0.3, -0.25) is 4.79 Å². The molecule has 2 atom stereocenters. The van der Waals surface area contributed by atoms with Crippen LogP contribution in [0.4, 0.5) is 4.79 Å². The Labute approximate surface area is 188 Å². The summed E-state index contributed by atoms with van der Waals surface area (Å²) in [5, 5.41) is 12.7. The summed E-state index contributed by atoms with van der Waals surface area (Å²) in [6.07, 6.45) is -0.604. The molecule has 0 bridgehead atoms. The van der Waals surface area contributed by atoms with E-state index in [1.54, 1.807) is 24.3 Å². The maximum Gasteiger partial charge on any atom is 0.407 e. The third-order valence-electron chi connectivity index (χ3n) is 6.13. The number of aliphatic carboxylic acids is 1. The van der Waals surface area contributed by atoms with Crippen LogP contribution in [-0.2, 0) is 9.53 Å². The fourth-order valence-corrected chi connectivity index (χ4v) is 4.57. The molecule has 0 radical (unpaired) electrons. The maximum absolute atomic E-state index is 12.8. The zero-order valence-electron chi connectivity index (χ0n) is 18.2. The summed E-state index contributed by atoms with van der Waals surface area (Å²) in [6, 6.07) is 24.7. The lowest BCUT2D eigenvalue weighted by molar-refractivity contribution is -0.139. The lowest BCUT2D eigenvalue weighted by atomic mass is 9.85. The smallest absolute Gasteiger partial charge is 0.407 e. The molecule has 164 valence electrons. The van der Waals surface area contributed by atoms with Gasteiger partial charge in [-0.2, -0.15) is 0 Å². The molecular weight excluding hydrogens is 402 g/mol. The number of hydrogen-bond acceptors (Lipinski definition) is 3. The molecule has 1 amide bonds. The number of carbonyl (C=O) groups excluding carboxylic acids is 1. The van der Waals surface area contributed by atoms with Gasteiger partial charge in [0.1, 0.15) is 12.5 Å². The number of alkyl carbamates (subject to hydrolysis) is 1. The minimum Gasteiger partial charge on any atom is -0.481 e. The minimum absolute atomic E-state index is 0.0463. The van der Waals surface area contributed by atoms with Crippen LogP contribution >= 0.6 is 0 Å². The summed E-state index contributed by atoms with van der Waals surface area (Å²) in [6.45, 7) is 3.98. The number of nitrogens with one attached hydrogen (secondary N) is 1. The molecule has 0 aliphatic heterocycles. The van der Waals surface area contributed by atoms with Crippen LogP contribution in [0.25, 0.3) is 11.1 Å². The van der Waals surface area contributed by atoms with Gasteiger partial charge in [-0.25, -0.2) is 4.79 Å². The number of benzene rings is 3. The first kappa shape index (κ1) is 21.6. The van der Waals surface area contributed by atoms with E-state index in [1.807, 2.05) is 44.2 Å². The third-order valence-corrected chi connectivity index (χ3v) is 6.13. The number of carboxylic acids is 1. The lowest BCUT2D eigenvalue weighted by Crippen LogP contribution is -2.45. The summed E-state index contributed by atoms with van der Waals surface area (Å²) < 4.78 is 5.64. The van der Waals surface area contributed by atoms with Gasteiger partial charge < -0.3 is 15.2 Å². The highest BCUT2D eigenvalue weighted by atomic mass is 16.5. The number of carboxylic acid groups (broad SMARTS) is 1. The van der Waals surface area contributed by atoms with Gasteiger partial charge in [-0.1, -0.05) is 92.7 Å². The second-order valence-corrected chi connectivity index (χ2v) is 8.47. The van der Waals surface area contributed by atoms with E-state index >= 15 is 0 Å². The average Bonchev–Trinajstić information content (AvgIpc) is 3.11. The predicted molar refractivity (Wildman–Crippen MR) is 124 cm³/mol. The standard InChI is InChI=1S/C27H27NO4/c1-17(2)25(24(26(29)30)18-10-4-3-5-11-18)28-27(31)32-16-23-21-14-8-6-12-19(21)20-13-7-9-15-22(20)23/h3-15,17,23-25H,16H2,1-2H3,(H,28,31)(H,29,30)/t24?,25-/m1/s1. The zero-order valence-corrected chi connectivity index (χ0v) is 18.2. The largest absolute Gasteiger partial charge is 0.481 e. The van der Waals surface area contributed by atoms with Crippen LogP contribution in [0.15, 0.2) is 78.9 Å². The van der Waals surface area contributed by atoms with E-state index in [4.69, 9.17) is 4.74 Å². The Morgan fingerprint density at radius 3 is 1.94 bits per heavy atom. The highest BCUT2D eigenvalue weighted by Gasteiger charge is 2.34. The number of fused-ring (bicyclic) bond motifs is 3. The second kappa shape index (κ2) is 9.27. The van der Waals surface area contributed by atoms with Crippen molar-refractivity contribution in [1.29, 1.82) is 0 Å². The van der Waals surface area contributed by atoms with Crippen LogP contribution < -0.4 is 5.32 Å². The summed E-state index contributed by atoms with van der Waals surface area (Å²) in [4.78, 5) is 24.8. The Morgan fingerprint density at radius 1 is 0.875 bits per heavy atom. The fourth-order valence-electron chi connectivity index (χ4n) is 4.57. The number of carbonyl (C=O) groups is 2. The summed E-state index contributed by atoms with van der Waals surface area (Å²) in [5.41, 5.74) is 5.24. The van der Waals surface area contributed by atoms with Crippen molar-refractivity contribution in [3.8, 4) is 11.1 Å². The van der Waals surface area contributed by atoms with E-state index in [0.717, 1.165) is 22.3 Å². The molecule has 0 heterocycles. The van der Waals surface area contributed by atoms with Crippen molar-refractivity contribution in [3.63, 3.8) is 0 Å². The molecule has 5 nitrogen and oxygen atoms in total. The first-order valence-electron chi connectivity index (χ1n) is 10.9. The van der Waals surface area contributed by atoms with E-state index in [0.29, 0.717) is 5.56 Å². The molecule has 2 N–H and O–H groups in total. The molecule has 0 aromatic heterocycles. The van der Waals surface area contributed by atoms with Gasteiger partial charge in [0.15, 0.2) is 0 Å². The average molecular weight is 430 g/mol. The van der Waals surface area contributed by atoms with Crippen molar-refractivity contribution in [2.24, 2.45) is 5.92 Å². The van der Waals surface area contributed by atoms with Crippen LogP contribution in [0, 0.1) is 5.92 Å². The van der Waals surface area contributed by atoms with E-state index in [-0.39, 0.29) is 18.4 Å². The molecule has 0 fully saturated rings. The van der Waals surface area contributed by atoms with Crippen molar-refractivity contribution in [3.05, 3.63) is 95.6 Å². The molecule has 4 rings (SSSR count). The summed E-state index contributed by atoms with van der Waals surface area (Å²) >= 11 is 0. The van der Waals surface area contributed by atoms with Gasteiger partial charge in [-0.05, 0) is 33.7 Å². The van der Waals surface area contributed by atoms with Crippen molar-refractivity contribution in [2.45, 2.75) is 31.7 Å². The molecule has 3 aromatic carbocycles. The first-order valence-corrected chi connectivity index (χ1v) is 10.9. The Kier molecular flexibility index (Phi) is 6.26. The Balaban J connectivity index is 1.50. The van der Waals surface area contributed by atoms with Crippen LogP contribution in [0.3, 0.4) is 0 Å². The molecule has 1 aliphatic carbocycles. The Hall–Kier alpha value is -3.60. The lowest BCUT2D eigenvalue weighted by Gasteiger charge is -2.28. The predicted octanol–water partition coefficient (Wildman–Crippen LogP) is 5.42.